The number of hydrogen-bond donors (Lipinski definition) is 1. The van der Waals surface area contributed by atoms with Crippen molar-refractivity contribution in [3.63, 3.8) is 0 Å². The van der Waals surface area contributed by atoms with Crippen molar-refractivity contribution in [3.8, 4) is 0 Å². The van der Waals surface area contributed by atoms with Gasteiger partial charge in [0.1, 0.15) is 0 Å². The Morgan fingerprint density at radius 1 is 1.33 bits per heavy atom. The van der Waals surface area contributed by atoms with E-state index in [4.69, 9.17) is 5.11 Å². The van der Waals surface area contributed by atoms with Crippen molar-refractivity contribution < 1.29 is 5.11 Å². The molecule has 0 aliphatic heterocycles. The summed E-state index contributed by atoms with van der Waals surface area (Å²) in [6.45, 7) is 4.05. The van der Waals surface area contributed by atoms with Crippen molar-refractivity contribution in [2.24, 2.45) is 0 Å². The highest BCUT2D eigenvalue weighted by Crippen LogP contribution is 2.12. The van der Waals surface area contributed by atoms with Crippen LogP contribution in [0.2, 0.25) is 0 Å². The molecule has 0 saturated carbocycles. The zero-order valence-corrected chi connectivity index (χ0v) is 8.06. The van der Waals surface area contributed by atoms with Crippen LogP contribution in [0.4, 0.5) is 0 Å². The van der Waals surface area contributed by atoms with E-state index in [1.165, 1.54) is 11.8 Å². The van der Waals surface area contributed by atoms with Gasteiger partial charge in [-0.2, -0.15) is 0 Å². The van der Waals surface area contributed by atoms with Crippen LogP contribution in [0.1, 0.15) is 11.4 Å². The van der Waals surface area contributed by atoms with Gasteiger partial charge in [0.05, 0.1) is 6.61 Å². The van der Waals surface area contributed by atoms with Gasteiger partial charge in [-0.1, -0.05) is 11.8 Å². The summed E-state index contributed by atoms with van der Waals surface area (Å²) in [6, 6.07) is 1.93. The normalized spacial score (nSPS) is 10.2. The maximum atomic E-state index is 8.59. The molecule has 0 atom stereocenters. The number of aliphatic hydroxyl groups excluding tert-OH is 1. The first-order chi connectivity index (χ1) is 5.72. The molecule has 0 aliphatic rings. The van der Waals surface area contributed by atoms with E-state index in [9.17, 15) is 0 Å². The molecule has 0 unspecified atom stereocenters. The molecule has 4 heteroatoms. The molecule has 3 nitrogen and oxygen atoms in total. The maximum absolute atomic E-state index is 8.59. The Bertz CT molecular complexity index is 245. The molecule has 1 heterocycles. The van der Waals surface area contributed by atoms with Crippen LogP contribution in [0.15, 0.2) is 11.2 Å². The van der Waals surface area contributed by atoms with Crippen LogP contribution in [0, 0.1) is 13.8 Å². The predicted octanol–water partition coefficient (Wildman–Crippen LogP) is 1.18. The lowest BCUT2D eigenvalue weighted by atomic mass is 10.4. The molecule has 0 radical (unpaired) electrons. The van der Waals surface area contributed by atoms with Crippen molar-refractivity contribution in [2.75, 3.05) is 12.4 Å². The number of aryl methyl sites for hydroxylation is 2. The molecule has 0 saturated heterocycles. The van der Waals surface area contributed by atoms with Crippen LogP contribution < -0.4 is 0 Å². The van der Waals surface area contributed by atoms with Gasteiger partial charge in [-0.3, -0.25) is 0 Å². The Kier molecular flexibility index (Phi) is 3.49. The summed E-state index contributed by atoms with van der Waals surface area (Å²) in [7, 11) is 0. The molecular formula is C8H12N2OS. The highest BCUT2D eigenvalue weighted by Gasteiger charge is 1.98. The average molecular weight is 184 g/mol. The van der Waals surface area contributed by atoms with E-state index >= 15 is 0 Å². The summed E-state index contributed by atoms with van der Waals surface area (Å²) in [5.41, 5.74) is 1.95. The molecule has 0 aromatic carbocycles. The van der Waals surface area contributed by atoms with Gasteiger partial charge in [0, 0.05) is 17.1 Å². The smallest absolute Gasteiger partial charge is 0.188 e. The second-order valence-electron chi connectivity index (χ2n) is 2.51. The topological polar surface area (TPSA) is 46.0 Å². The Hall–Kier alpha value is -0.610. The molecule has 0 spiro atoms. The summed E-state index contributed by atoms with van der Waals surface area (Å²) in [5.74, 6) is 0.656. The van der Waals surface area contributed by atoms with E-state index in [1.54, 1.807) is 0 Å². The lowest BCUT2D eigenvalue weighted by Gasteiger charge is -2.00. The van der Waals surface area contributed by atoms with Gasteiger partial charge in [-0.05, 0) is 19.9 Å². The molecule has 1 aromatic heterocycles. The van der Waals surface area contributed by atoms with Crippen molar-refractivity contribution in [1.82, 2.24) is 9.97 Å². The number of aliphatic hydroxyl groups is 1. The lowest BCUT2D eigenvalue weighted by Crippen LogP contribution is -1.95. The van der Waals surface area contributed by atoms with Gasteiger partial charge < -0.3 is 5.11 Å². The second-order valence-corrected chi connectivity index (χ2v) is 3.57. The number of nitrogens with zero attached hydrogens (tertiary/aromatic N) is 2. The van der Waals surface area contributed by atoms with E-state index < -0.39 is 0 Å². The van der Waals surface area contributed by atoms with Crippen LogP contribution in [-0.4, -0.2) is 27.4 Å². The largest absolute Gasteiger partial charge is 0.396 e. The second kappa shape index (κ2) is 4.42. The van der Waals surface area contributed by atoms with E-state index in [2.05, 4.69) is 9.97 Å². The van der Waals surface area contributed by atoms with E-state index in [-0.39, 0.29) is 6.61 Å². The first kappa shape index (κ1) is 9.48. The predicted molar refractivity (Wildman–Crippen MR) is 49.3 cm³/mol. The van der Waals surface area contributed by atoms with Crippen LogP contribution in [-0.2, 0) is 0 Å². The van der Waals surface area contributed by atoms with E-state index in [1.807, 2.05) is 19.9 Å². The molecule has 0 fully saturated rings. The molecule has 0 amide bonds. The van der Waals surface area contributed by atoms with Crippen molar-refractivity contribution in [2.45, 2.75) is 19.0 Å². The third-order valence-corrected chi connectivity index (χ3v) is 2.11. The Morgan fingerprint density at radius 3 is 2.42 bits per heavy atom. The summed E-state index contributed by atoms with van der Waals surface area (Å²) >= 11 is 1.48. The lowest BCUT2D eigenvalue weighted by molar-refractivity contribution is 0.322. The Morgan fingerprint density at radius 2 is 1.92 bits per heavy atom. The molecule has 66 valence electrons. The zero-order valence-electron chi connectivity index (χ0n) is 7.24. The van der Waals surface area contributed by atoms with E-state index in [0.29, 0.717) is 5.75 Å². The van der Waals surface area contributed by atoms with Crippen molar-refractivity contribution in [1.29, 1.82) is 0 Å². The SMILES string of the molecule is Cc1cc(C)nc(SCCO)n1. The fourth-order valence-corrected chi connectivity index (χ4v) is 1.59. The van der Waals surface area contributed by atoms with Gasteiger partial charge in [0.2, 0.25) is 0 Å². The summed E-state index contributed by atoms with van der Waals surface area (Å²) < 4.78 is 0. The summed E-state index contributed by atoms with van der Waals surface area (Å²) in [6.07, 6.45) is 0. The first-order valence-corrected chi connectivity index (χ1v) is 4.77. The van der Waals surface area contributed by atoms with Gasteiger partial charge in [0.15, 0.2) is 5.16 Å². The average Bonchev–Trinajstić information content (AvgIpc) is 1.99. The highest BCUT2D eigenvalue weighted by atomic mass is 32.2. The highest BCUT2D eigenvalue weighted by molar-refractivity contribution is 7.99. The number of hydrogen-bond acceptors (Lipinski definition) is 4. The minimum absolute atomic E-state index is 0.168. The zero-order chi connectivity index (χ0) is 8.97. The van der Waals surface area contributed by atoms with Crippen LogP contribution in [0.25, 0.3) is 0 Å². The van der Waals surface area contributed by atoms with Crippen molar-refractivity contribution in [3.05, 3.63) is 17.5 Å². The number of thioether (sulfide) groups is 1. The molecule has 0 aliphatic carbocycles. The van der Waals surface area contributed by atoms with Crippen molar-refractivity contribution >= 4 is 11.8 Å². The minimum atomic E-state index is 0.168. The van der Waals surface area contributed by atoms with Crippen LogP contribution in [0.3, 0.4) is 0 Å². The van der Waals surface area contributed by atoms with E-state index in [0.717, 1.165) is 16.5 Å². The summed E-state index contributed by atoms with van der Waals surface area (Å²) in [4.78, 5) is 8.42. The summed E-state index contributed by atoms with van der Waals surface area (Å²) in [5, 5.41) is 9.34. The molecule has 1 N–H and O–H groups in total. The fraction of sp³-hybridized carbons (Fsp3) is 0.500. The van der Waals surface area contributed by atoms with Crippen LogP contribution in [0.5, 0.6) is 0 Å². The fourth-order valence-electron chi connectivity index (χ4n) is 0.895. The first-order valence-electron chi connectivity index (χ1n) is 3.78. The Balaban J connectivity index is 2.72. The third-order valence-electron chi connectivity index (χ3n) is 1.28. The minimum Gasteiger partial charge on any atom is -0.396 e. The monoisotopic (exact) mass is 184 g/mol. The van der Waals surface area contributed by atoms with Gasteiger partial charge in [0.25, 0.3) is 0 Å². The molecule has 1 aromatic rings. The molecule has 0 bridgehead atoms. The standard InChI is InChI=1S/C8H12N2OS/c1-6-5-7(2)10-8(9-6)12-4-3-11/h5,11H,3-4H2,1-2H3. The van der Waals surface area contributed by atoms with Crippen LogP contribution >= 0.6 is 11.8 Å². The quantitative estimate of drug-likeness (QED) is 0.566. The molecule has 12 heavy (non-hydrogen) atoms. The molecular weight excluding hydrogens is 172 g/mol. The van der Waals surface area contributed by atoms with Gasteiger partial charge in [-0.25, -0.2) is 9.97 Å². The number of rotatable bonds is 3. The third kappa shape index (κ3) is 2.79. The number of aromatic nitrogens is 2. The van der Waals surface area contributed by atoms with Gasteiger partial charge in [-0.15, -0.1) is 0 Å². The molecule has 1 rings (SSSR count). The van der Waals surface area contributed by atoms with Gasteiger partial charge >= 0.3 is 0 Å². The maximum Gasteiger partial charge on any atom is 0.188 e. The Labute approximate surface area is 76.2 Å².